The molecule has 0 aromatic heterocycles. The predicted molar refractivity (Wildman–Crippen MR) is 76.4 cm³/mol. The van der Waals surface area contributed by atoms with Crippen molar-refractivity contribution in [2.45, 2.75) is 6.04 Å². The molecule has 2 aromatic carbocycles. The first-order valence-electron chi connectivity index (χ1n) is 6.51. The van der Waals surface area contributed by atoms with Gasteiger partial charge in [-0.25, -0.2) is 5.06 Å². The van der Waals surface area contributed by atoms with Crippen LogP contribution in [0.5, 0.6) is 0 Å². The van der Waals surface area contributed by atoms with Gasteiger partial charge in [0, 0.05) is 11.0 Å². The van der Waals surface area contributed by atoms with Gasteiger partial charge in [0.2, 0.25) is 0 Å². The number of hydrogen-bond donors (Lipinski definition) is 0. The summed E-state index contributed by atoms with van der Waals surface area (Å²) in [5, 5.41) is 1.74. The molecule has 0 amide bonds. The number of hydrogen-bond acceptors (Lipinski definition) is 3. The second-order valence-electron chi connectivity index (χ2n) is 4.89. The predicted octanol–water partition coefficient (Wildman–Crippen LogP) is 3.57. The molecular formula is C16H13N2O2+. The molecular weight excluding hydrogens is 252 g/mol. The first-order valence-corrected chi connectivity index (χ1v) is 6.51. The first-order chi connectivity index (χ1) is 9.81. The van der Waals surface area contributed by atoms with Crippen molar-refractivity contribution in [2.75, 3.05) is 12.2 Å². The Bertz CT molecular complexity index is 752. The van der Waals surface area contributed by atoms with Crippen LogP contribution in [0.3, 0.4) is 0 Å². The molecule has 20 heavy (non-hydrogen) atoms. The third-order valence-corrected chi connectivity index (χ3v) is 3.86. The fraction of sp³-hybridized carbons (Fsp3) is 0.125. The van der Waals surface area contributed by atoms with Crippen LogP contribution in [-0.4, -0.2) is 11.9 Å². The van der Waals surface area contributed by atoms with Gasteiger partial charge in [-0.05, 0) is 24.3 Å². The van der Waals surface area contributed by atoms with E-state index < -0.39 is 0 Å². The Balaban J connectivity index is 1.99. The molecule has 0 saturated heterocycles. The van der Waals surface area contributed by atoms with Gasteiger partial charge in [0.05, 0.1) is 28.7 Å². The number of fused-ring (bicyclic) bond motifs is 4. The van der Waals surface area contributed by atoms with Crippen molar-refractivity contribution in [1.82, 2.24) is 0 Å². The second-order valence-corrected chi connectivity index (χ2v) is 4.89. The van der Waals surface area contributed by atoms with Crippen molar-refractivity contribution in [3.05, 3.63) is 70.3 Å². The van der Waals surface area contributed by atoms with Crippen molar-refractivity contribution in [2.24, 2.45) is 0 Å². The van der Waals surface area contributed by atoms with Crippen LogP contribution in [0, 0.1) is 4.91 Å². The van der Waals surface area contributed by atoms with E-state index in [4.69, 9.17) is 4.84 Å². The highest BCUT2D eigenvalue weighted by Gasteiger charge is 2.48. The Labute approximate surface area is 116 Å². The van der Waals surface area contributed by atoms with Gasteiger partial charge in [-0.3, -0.25) is 4.84 Å². The zero-order valence-corrected chi connectivity index (χ0v) is 11.0. The maximum absolute atomic E-state index is 12.7. The summed E-state index contributed by atoms with van der Waals surface area (Å²) in [5.41, 5.74) is 4.39. The molecule has 2 aliphatic heterocycles. The van der Waals surface area contributed by atoms with Gasteiger partial charge >= 0.3 is 0 Å². The fourth-order valence-electron chi connectivity index (χ4n) is 3.01. The van der Waals surface area contributed by atoms with E-state index in [1.807, 2.05) is 54.6 Å². The highest BCUT2D eigenvalue weighted by Crippen LogP contribution is 2.49. The molecule has 0 saturated carbocycles. The van der Waals surface area contributed by atoms with Crippen molar-refractivity contribution in [3.63, 3.8) is 0 Å². The molecule has 1 unspecified atom stereocenters. The number of nitrogens with zero attached hydrogens (tertiary/aromatic N) is 2. The van der Waals surface area contributed by atoms with Crippen LogP contribution in [-0.2, 0) is 4.84 Å². The lowest BCUT2D eigenvalue weighted by Crippen LogP contribution is -2.23. The zero-order chi connectivity index (χ0) is 13.7. The van der Waals surface area contributed by atoms with E-state index in [0.29, 0.717) is 5.69 Å². The van der Waals surface area contributed by atoms with E-state index in [2.05, 4.69) is 0 Å². The first kappa shape index (κ1) is 11.4. The van der Waals surface area contributed by atoms with E-state index in [1.165, 1.54) is 0 Å². The Morgan fingerprint density at radius 1 is 1.10 bits per heavy atom. The smallest absolute Gasteiger partial charge is 0.272 e. The lowest BCUT2D eigenvalue weighted by atomic mass is 9.99. The number of hydroxylamine groups is 1. The number of anilines is 1. The van der Waals surface area contributed by atoms with Gasteiger partial charge in [-0.1, -0.05) is 24.3 Å². The van der Waals surface area contributed by atoms with Crippen molar-refractivity contribution < 1.29 is 9.60 Å². The standard InChI is InChI=1S/C16H13N2O2/c1-20-18-14-9-5-3-7-12(14)16-15(18)10-11-6-2-4-8-13(11)17(16)19/h2-10,16H,1H3/q+1. The molecule has 4 rings (SSSR count). The lowest BCUT2D eigenvalue weighted by molar-refractivity contribution is -0.502. The van der Waals surface area contributed by atoms with Crippen molar-refractivity contribution in [3.8, 4) is 0 Å². The molecule has 0 aliphatic carbocycles. The molecule has 0 bridgehead atoms. The van der Waals surface area contributed by atoms with Crippen LogP contribution < -0.4 is 5.06 Å². The number of para-hydroxylation sites is 2. The Kier molecular flexibility index (Phi) is 2.28. The van der Waals surface area contributed by atoms with E-state index >= 15 is 0 Å². The van der Waals surface area contributed by atoms with Crippen LogP contribution >= 0.6 is 0 Å². The summed E-state index contributed by atoms with van der Waals surface area (Å²) < 4.78 is 1.07. The molecule has 4 nitrogen and oxygen atoms in total. The molecule has 0 N–H and O–H groups in total. The number of nitroso groups, excluding NO2 is 1. The molecule has 4 heteroatoms. The van der Waals surface area contributed by atoms with Gasteiger partial charge in [-0.2, -0.15) is 0 Å². The van der Waals surface area contributed by atoms with Crippen molar-refractivity contribution in [1.29, 1.82) is 0 Å². The summed E-state index contributed by atoms with van der Waals surface area (Å²) in [6.45, 7) is 0. The summed E-state index contributed by atoms with van der Waals surface area (Å²) in [5.74, 6) is 0. The second kappa shape index (κ2) is 4.02. The quantitative estimate of drug-likeness (QED) is 0.739. The molecule has 0 radical (unpaired) electrons. The third-order valence-electron chi connectivity index (χ3n) is 3.86. The molecule has 2 aromatic rings. The molecule has 1 atom stereocenters. The number of rotatable bonds is 1. The topological polar surface area (TPSA) is 32.5 Å². The van der Waals surface area contributed by atoms with E-state index in [0.717, 1.165) is 27.3 Å². The minimum absolute atomic E-state index is 0.332. The Morgan fingerprint density at radius 2 is 1.85 bits per heavy atom. The van der Waals surface area contributed by atoms with Crippen LogP contribution in [0.1, 0.15) is 17.2 Å². The maximum Gasteiger partial charge on any atom is 0.277 e. The van der Waals surface area contributed by atoms with Crippen LogP contribution in [0.25, 0.3) is 6.08 Å². The van der Waals surface area contributed by atoms with Gasteiger partial charge in [0.15, 0.2) is 0 Å². The SMILES string of the molecule is CON1C2=Cc3ccccc3[N+](=O)C2c2ccccc21. The monoisotopic (exact) mass is 265 g/mol. The summed E-state index contributed by atoms with van der Waals surface area (Å²) in [6.07, 6.45) is 2.03. The molecule has 2 heterocycles. The summed E-state index contributed by atoms with van der Waals surface area (Å²) in [6, 6.07) is 15.1. The van der Waals surface area contributed by atoms with E-state index in [-0.39, 0.29) is 6.04 Å². The highest BCUT2D eigenvalue weighted by atomic mass is 16.7. The number of benzene rings is 2. The Hall–Kier alpha value is -2.46. The van der Waals surface area contributed by atoms with Gasteiger partial charge in [0.25, 0.3) is 11.7 Å². The van der Waals surface area contributed by atoms with Gasteiger partial charge in [-0.15, -0.1) is 0 Å². The van der Waals surface area contributed by atoms with E-state index in [1.54, 1.807) is 12.2 Å². The normalized spacial score (nSPS) is 19.2. The molecule has 98 valence electrons. The zero-order valence-electron chi connectivity index (χ0n) is 11.0. The maximum atomic E-state index is 12.7. The third kappa shape index (κ3) is 1.34. The molecule has 0 fully saturated rings. The summed E-state index contributed by atoms with van der Waals surface area (Å²) in [4.78, 5) is 18.2. The van der Waals surface area contributed by atoms with Crippen LogP contribution in [0.4, 0.5) is 11.4 Å². The van der Waals surface area contributed by atoms with Gasteiger partial charge < -0.3 is 0 Å². The molecule has 0 spiro atoms. The summed E-state index contributed by atoms with van der Waals surface area (Å²) in [7, 11) is 1.62. The summed E-state index contributed by atoms with van der Waals surface area (Å²) >= 11 is 0. The van der Waals surface area contributed by atoms with E-state index in [9.17, 15) is 4.91 Å². The van der Waals surface area contributed by atoms with Crippen molar-refractivity contribution >= 4 is 17.5 Å². The molecule has 2 aliphatic rings. The minimum atomic E-state index is -0.332. The average molecular weight is 265 g/mol. The van der Waals surface area contributed by atoms with Gasteiger partial charge in [0.1, 0.15) is 5.70 Å². The highest BCUT2D eigenvalue weighted by molar-refractivity contribution is 5.75. The minimum Gasteiger partial charge on any atom is -0.272 e. The average Bonchev–Trinajstić information content (AvgIpc) is 2.81. The lowest BCUT2D eigenvalue weighted by Gasteiger charge is -2.19. The van der Waals surface area contributed by atoms with Crippen LogP contribution in [0.15, 0.2) is 54.2 Å². The van der Waals surface area contributed by atoms with Crippen LogP contribution in [0.2, 0.25) is 0 Å². The fourth-order valence-corrected chi connectivity index (χ4v) is 3.01. The Morgan fingerprint density at radius 3 is 2.70 bits per heavy atom. The largest absolute Gasteiger partial charge is 0.277 e.